The summed E-state index contributed by atoms with van der Waals surface area (Å²) in [6.07, 6.45) is 3.45. The molecule has 0 aliphatic heterocycles. The van der Waals surface area contributed by atoms with Crippen molar-refractivity contribution in [2.45, 2.75) is 39.8 Å². The van der Waals surface area contributed by atoms with E-state index in [0.29, 0.717) is 11.7 Å². The van der Waals surface area contributed by atoms with Gasteiger partial charge in [0, 0.05) is 36.9 Å². The Balaban J connectivity index is 3.15. The molecule has 0 unspecified atom stereocenters. The summed E-state index contributed by atoms with van der Waals surface area (Å²) < 4.78 is 1.73. The van der Waals surface area contributed by atoms with Gasteiger partial charge in [-0.25, -0.2) is 4.98 Å². The molecule has 0 aromatic carbocycles. The highest BCUT2D eigenvalue weighted by Gasteiger charge is 2.25. The molecule has 0 atom stereocenters. The minimum Gasteiger partial charge on any atom is -0.349 e. The molecule has 0 saturated heterocycles. The molecule has 1 heterocycles. The van der Waals surface area contributed by atoms with Crippen LogP contribution in [0.25, 0.3) is 0 Å². The molecule has 0 spiro atoms. The van der Waals surface area contributed by atoms with Gasteiger partial charge in [0.1, 0.15) is 0 Å². The van der Waals surface area contributed by atoms with Crippen LogP contribution in [0.1, 0.15) is 27.7 Å². The molecule has 1 rings (SSSR count). The fourth-order valence-electron chi connectivity index (χ4n) is 1.58. The molecule has 0 radical (unpaired) electrons. The summed E-state index contributed by atoms with van der Waals surface area (Å²) in [5, 5.41) is 0.774. The average Bonchev–Trinajstić information content (AvgIpc) is 2.30. The Bertz CT molecular complexity index is 454. The largest absolute Gasteiger partial charge is 0.349 e. The Labute approximate surface area is 117 Å². The predicted octanol–water partition coefficient (Wildman–Crippen LogP) is 2.51. The van der Waals surface area contributed by atoms with Gasteiger partial charge in [-0.1, -0.05) is 29.8 Å². The lowest BCUT2D eigenvalue weighted by molar-refractivity contribution is 0.499. The number of rotatable bonds is 5. The average molecular weight is 316 g/mol. The third-order valence-corrected chi connectivity index (χ3v) is 4.38. The van der Waals surface area contributed by atoms with E-state index in [-0.39, 0.29) is 11.1 Å². The number of halogens is 1. The number of alkyl halides is 1. The zero-order valence-corrected chi connectivity index (χ0v) is 13.4. The summed E-state index contributed by atoms with van der Waals surface area (Å²) in [6, 6.07) is 0. The van der Waals surface area contributed by atoms with Crippen LogP contribution in [-0.2, 0) is 6.54 Å². The van der Waals surface area contributed by atoms with Crippen LogP contribution in [0.15, 0.2) is 17.2 Å². The second-order valence-corrected chi connectivity index (χ2v) is 6.17. The van der Waals surface area contributed by atoms with E-state index >= 15 is 0 Å². The number of aromatic nitrogens is 2. The van der Waals surface area contributed by atoms with Crippen molar-refractivity contribution in [2.75, 3.05) is 17.3 Å². The maximum absolute atomic E-state index is 12.4. The molecule has 4 nitrogen and oxygen atoms in total. The zero-order valence-electron chi connectivity index (χ0n) is 11.8. The van der Waals surface area contributed by atoms with Gasteiger partial charge in [-0.15, -0.1) is 0 Å². The number of anilines is 1. The summed E-state index contributed by atoms with van der Waals surface area (Å²) in [5.41, 5.74) is -0.175. The summed E-state index contributed by atoms with van der Waals surface area (Å²) in [7, 11) is 1.91. The molecule has 0 saturated carbocycles. The standard InChI is InChI=1S/C13H22BrN3O/c1-10(2)8-17-7-6-15-11(12(17)18)16(5)13(3,4)9-14/h6-7,10H,8-9H2,1-5H3. The molecule has 5 heteroatoms. The zero-order chi connectivity index (χ0) is 13.9. The van der Waals surface area contributed by atoms with Crippen LogP contribution in [0.2, 0.25) is 0 Å². The fraction of sp³-hybridized carbons (Fsp3) is 0.692. The third-order valence-electron chi connectivity index (χ3n) is 3.01. The maximum atomic E-state index is 12.4. The predicted molar refractivity (Wildman–Crippen MR) is 79.6 cm³/mol. The van der Waals surface area contributed by atoms with Crippen molar-refractivity contribution in [1.29, 1.82) is 0 Å². The normalized spacial score (nSPS) is 11.9. The van der Waals surface area contributed by atoms with Gasteiger partial charge in [-0.3, -0.25) is 4.79 Å². The monoisotopic (exact) mass is 315 g/mol. The minimum absolute atomic E-state index is 0.0253. The Kier molecular flexibility index (Phi) is 4.96. The van der Waals surface area contributed by atoms with E-state index in [2.05, 4.69) is 48.6 Å². The molecule has 0 bridgehead atoms. The molecule has 1 aromatic heterocycles. The van der Waals surface area contributed by atoms with Crippen LogP contribution in [-0.4, -0.2) is 27.5 Å². The van der Waals surface area contributed by atoms with E-state index in [0.717, 1.165) is 11.9 Å². The van der Waals surface area contributed by atoms with Gasteiger partial charge in [-0.05, 0) is 19.8 Å². The molecular formula is C13H22BrN3O. The topological polar surface area (TPSA) is 38.1 Å². The summed E-state index contributed by atoms with van der Waals surface area (Å²) in [4.78, 5) is 18.5. The number of hydrogen-bond donors (Lipinski definition) is 0. The van der Waals surface area contributed by atoms with Crippen molar-refractivity contribution in [3.8, 4) is 0 Å². The van der Waals surface area contributed by atoms with Crippen molar-refractivity contribution in [3.63, 3.8) is 0 Å². The van der Waals surface area contributed by atoms with E-state index in [1.165, 1.54) is 0 Å². The van der Waals surface area contributed by atoms with Gasteiger partial charge >= 0.3 is 0 Å². The Morgan fingerprint density at radius 3 is 2.61 bits per heavy atom. The summed E-state index contributed by atoms with van der Waals surface area (Å²) in [5.74, 6) is 0.940. The fourth-order valence-corrected chi connectivity index (χ4v) is 1.96. The van der Waals surface area contributed by atoms with Crippen molar-refractivity contribution in [1.82, 2.24) is 9.55 Å². The van der Waals surface area contributed by atoms with E-state index in [9.17, 15) is 4.79 Å². The molecule has 18 heavy (non-hydrogen) atoms. The lowest BCUT2D eigenvalue weighted by Crippen LogP contribution is -2.46. The summed E-state index contributed by atoms with van der Waals surface area (Å²) >= 11 is 3.47. The molecule has 0 amide bonds. The second-order valence-electron chi connectivity index (χ2n) is 5.61. The van der Waals surface area contributed by atoms with Gasteiger partial charge in [0.25, 0.3) is 5.56 Å². The smallest absolute Gasteiger partial charge is 0.293 e. The molecule has 0 aliphatic carbocycles. The lowest BCUT2D eigenvalue weighted by atomic mass is 10.1. The molecule has 0 fully saturated rings. The number of hydrogen-bond acceptors (Lipinski definition) is 3. The first-order valence-corrected chi connectivity index (χ1v) is 7.27. The highest BCUT2D eigenvalue weighted by Crippen LogP contribution is 2.19. The van der Waals surface area contributed by atoms with Gasteiger partial charge in [0.05, 0.1) is 0 Å². The van der Waals surface area contributed by atoms with Crippen LogP contribution in [0, 0.1) is 5.92 Å². The van der Waals surface area contributed by atoms with Crippen LogP contribution in [0.3, 0.4) is 0 Å². The van der Waals surface area contributed by atoms with Crippen LogP contribution in [0.4, 0.5) is 5.82 Å². The first-order valence-electron chi connectivity index (χ1n) is 6.15. The molecule has 0 aliphatic rings. The van der Waals surface area contributed by atoms with Crippen molar-refractivity contribution >= 4 is 21.7 Å². The highest BCUT2D eigenvalue weighted by atomic mass is 79.9. The maximum Gasteiger partial charge on any atom is 0.293 e. The minimum atomic E-state index is -0.150. The molecule has 1 aromatic rings. The second kappa shape index (κ2) is 5.87. The van der Waals surface area contributed by atoms with Gasteiger partial charge < -0.3 is 9.47 Å². The first-order chi connectivity index (χ1) is 8.29. The SMILES string of the molecule is CC(C)Cn1ccnc(N(C)C(C)(C)CBr)c1=O. The van der Waals surface area contributed by atoms with Crippen molar-refractivity contribution in [3.05, 3.63) is 22.7 Å². The van der Waals surface area contributed by atoms with Crippen LogP contribution < -0.4 is 10.5 Å². The Hall–Kier alpha value is -0.840. The van der Waals surface area contributed by atoms with Crippen LogP contribution in [0.5, 0.6) is 0 Å². The highest BCUT2D eigenvalue weighted by molar-refractivity contribution is 9.09. The first kappa shape index (κ1) is 15.2. The molecule has 0 N–H and O–H groups in total. The Morgan fingerprint density at radius 1 is 1.50 bits per heavy atom. The van der Waals surface area contributed by atoms with Crippen LogP contribution >= 0.6 is 15.9 Å². The number of nitrogens with zero attached hydrogens (tertiary/aromatic N) is 3. The van der Waals surface area contributed by atoms with E-state index < -0.39 is 0 Å². The van der Waals surface area contributed by atoms with Crippen molar-refractivity contribution < 1.29 is 0 Å². The van der Waals surface area contributed by atoms with E-state index in [4.69, 9.17) is 0 Å². The van der Waals surface area contributed by atoms with E-state index in [1.54, 1.807) is 17.0 Å². The summed E-state index contributed by atoms with van der Waals surface area (Å²) in [6.45, 7) is 9.06. The lowest BCUT2D eigenvalue weighted by Gasteiger charge is -2.34. The Morgan fingerprint density at radius 2 is 2.11 bits per heavy atom. The van der Waals surface area contributed by atoms with Crippen molar-refractivity contribution in [2.24, 2.45) is 5.92 Å². The quantitative estimate of drug-likeness (QED) is 0.784. The molecule has 102 valence electrons. The van der Waals surface area contributed by atoms with Gasteiger partial charge in [-0.2, -0.15) is 0 Å². The van der Waals surface area contributed by atoms with Gasteiger partial charge in [0.15, 0.2) is 5.82 Å². The van der Waals surface area contributed by atoms with E-state index in [1.807, 2.05) is 11.9 Å². The third kappa shape index (κ3) is 3.34. The van der Waals surface area contributed by atoms with Gasteiger partial charge in [0.2, 0.25) is 0 Å². The molecular weight excluding hydrogens is 294 g/mol.